The van der Waals surface area contributed by atoms with E-state index in [0.29, 0.717) is 10.3 Å². The van der Waals surface area contributed by atoms with Crippen molar-refractivity contribution >= 4 is 5.65 Å². The second-order valence-corrected chi connectivity index (χ2v) is 3.91. The zero-order valence-corrected chi connectivity index (χ0v) is 10.0. The molecule has 0 N–H and O–H groups in total. The van der Waals surface area contributed by atoms with Gasteiger partial charge in [0, 0.05) is 13.1 Å². The van der Waals surface area contributed by atoms with E-state index in [4.69, 9.17) is 4.74 Å². The summed E-state index contributed by atoms with van der Waals surface area (Å²) in [4.78, 5) is 0. The van der Waals surface area contributed by atoms with E-state index in [0.717, 1.165) is 0 Å². The Morgan fingerprint density at radius 2 is 2.00 bits per heavy atom. The molecule has 20 heavy (non-hydrogen) atoms. The third-order valence-electron chi connectivity index (χ3n) is 2.40. The minimum absolute atomic E-state index is 0.0177. The summed E-state index contributed by atoms with van der Waals surface area (Å²) in [5.41, 5.74) is -0.0177. The fourth-order valence-electron chi connectivity index (χ4n) is 1.58. The SMILES string of the molecule is Cn1cc(Oc2ccc3nnc(C(F)(F)F)n3n2)cn1. The van der Waals surface area contributed by atoms with Crippen LogP contribution in [-0.4, -0.2) is 29.6 Å². The van der Waals surface area contributed by atoms with Crippen LogP contribution in [0.25, 0.3) is 5.65 Å². The molecule has 10 heteroatoms. The van der Waals surface area contributed by atoms with Crippen molar-refractivity contribution in [2.24, 2.45) is 7.05 Å². The molecule has 3 aromatic heterocycles. The lowest BCUT2D eigenvalue weighted by atomic mass is 10.5. The van der Waals surface area contributed by atoms with Gasteiger partial charge in [-0.2, -0.15) is 22.8 Å². The molecule has 3 aromatic rings. The van der Waals surface area contributed by atoms with Crippen LogP contribution in [0.4, 0.5) is 13.2 Å². The third kappa shape index (κ3) is 2.15. The van der Waals surface area contributed by atoms with Gasteiger partial charge in [0.25, 0.3) is 5.82 Å². The molecule has 0 radical (unpaired) electrons. The van der Waals surface area contributed by atoms with Crippen LogP contribution in [0.2, 0.25) is 0 Å². The molecule has 3 heterocycles. The van der Waals surface area contributed by atoms with Crippen molar-refractivity contribution in [3.63, 3.8) is 0 Å². The van der Waals surface area contributed by atoms with E-state index in [2.05, 4.69) is 20.4 Å². The normalized spacial score (nSPS) is 12.0. The Kier molecular flexibility index (Phi) is 2.59. The topological polar surface area (TPSA) is 70.1 Å². The van der Waals surface area contributed by atoms with Crippen molar-refractivity contribution < 1.29 is 17.9 Å². The minimum atomic E-state index is -4.64. The Bertz CT molecular complexity index is 762. The second-order valence-electron chi connectivity index (χ2n) is 3.91. The zero-order chi connectivity index (χ0) is 14.3. The summed E-state index contributed by atoms with van der Waals surface area (Å²) in [7, 11) is 1.69. The first-order valence-corrected chi connectivity index (χ1v) is 5.39. The number of fused-ring (bicyclic) bond motifs is 1. The third-order valence-corrected chi connectivity index (χ3v) is 2.40. The lowest BCUT2D eigenvalue weighted by Gasteiger charge is -2.05. The van der Waals surface area contributed by atoms with E-state index in [1.807, 2.05) is 0 Å². The van der Waals surface area contributed by atoms with Crippen molar-refractivity contribution in [1.82, 2.24) is 29.6 Å². The molecule has 0 aliphatic heterocycles. The van der Waals surface area contributed by atoms with E-state index in [1.54, 1.807) is 13.2 Å². The molecule has 0 aliphatic carbocycles. The number of rotatable bonds is 2. The molecular formula is C10H7F3N6O. The van der Waals surface area contributed by atoms with Crippen LogP contribution in [0, 0.1) is 0 Å². The first-order valence-electron chi connectivity index (χ1n) is 5.39. The Morgan fingerprint density at radius 3 is 2.65 bits per heavy atom. The zero-order valence-electron chi connectivity index (χ0n) is 10.0. The van der Waals surface area contributed by atoms with Gasteiger partial charge in [-0.3, -0.25) is 4.68 Å². The highest BCUT2D eigenvalue weighted by Gasteiger charge is 2.37. The first kappa shape index (κ1) is 12.4. The molecule has 0 unspecified atom stereocenters. The maximum absolute atomic E-state index is 12.7. The monoisotopic (exact) mass is 284 g/mol. The van der Waals surface area contributed by atoms with Crippen molar-refractivity contribution in [2.75, 3.05) is 0 Å². The fourth-order valence-corrected chi connectivity index (χ4v) is 1.58. The molecule has 0 aromatic carbocycles. The predicted octanol–water partition coefficient (Wildman–Crippen LogP) is 1.67. The fraction of sp³-hybridized carbons (Fsp3) is 0.200. The maximum atomic E-state index is 12.7. The van der Waals surface area contributed by atoms with Crippen molar-refractivity contribution in [3.05, 3.63) is 30.4 Å². The van der Waals surface area contributed by atoms with Crippen LogP contribution in [0.3, 0.4) is 0 Å². The summed E-state index contributed by atoms with van der Waals surface area (Å²) in [6, 6.07) is 2.73. The molecule has 0 saturated carbocycles. The largest absolute Gasteiger partial charge is 0.453 e. The number of nitrogens with zero attached hydrogens (tertiary/aromatic N) is 6. The standard InChI is InChI=1S/C10H7F3N6O/c1-18-5-6(4-14-18)20-8-3-2-7-15-16-9(10(11,12)13)19(7)17-8/h2-5H,1H3. The highest BCUT2D eigenvalue weighted by atomic mass is 19.4. The summed E-state index contributed by atoms with van der Waals surface area (Å²) >= 11 is 0. The molecule has 0 amide bonds. The summed E-state index contributed by atoms with van der Waals surface area (Å²) in [6.07, 6.45) is -1.66. The van der Waals surface area contributed by atoms with Gasteiger partial charge in [-0.15, -0.1) is 15.3 Å². The van der Waals surface area contributed by atoms with Crippen molar-refractivity contribution in [3.8, 4) is 11.6 Å². The highest BCUT2D eigenvalue weighted by molar-refractivity contribution is 5.38. The Labute approximate surface area is 109 Å². The maximum Gasteiger partial charge on any atom is 0.453 e. The number of ether oxygens (including phenoxy) is 1. The Balaban J connectivity index is 2.01. The molecule has 0 aliphatic rings. The Hall–Kier alpha value is -2.65. The van der Waals surface area contributed by atoms with Crippen LogP contribution in [0.5, 0.6) is 11.6 Å². The van der Waals surface area contributed by atoms with Gasteiger partial charge < -0.3 is 4.74 Å². The number of alkyl halides is 3. The smallest absolute Gasteiger partial charge is 0.434 e. The van der Waals surface area contributed by atoms with Gasteiger partial charge in [-0.1, -0.05) is 0 Å². The molecule has 0 fully saturated rings. The molecule has 7 nitrogen and oxygen atoms in total. The van der Waals surface area contributed by atoms with E-state index < -0.39 is 12.0 Å². The lowest BCUT2D eigenvalue weighted by Crippen LogP contribution is -2.12. The average Bonchev–Trinajstić information content (AvgIpc) is 2.94. The predicted molar refractivity (Wildman–Crippen MR) is 59.1 cm³/mol. The molecule has 3 rings (SSSR count). The van der Waals surface area contributed by atoms with Gasteiger partial charge in [0.1, 0.15) is 0 Å². The lowest BCUT2D eigenvalue weighted by molar-refractivity contribution is -0.146. The first-order chi connectivity index (χ1) is 9.43. The van der Waals surface area contributed by atoms with Gasteiger partial charge in [0.2, 0.25) is 5.88 Å². The van der Waals surface area contributed by atoms with E-state index in [-0.39, 0.29) is 11.5 Å². The summed E-state index contributed by atoms with van der Waals surface area (Å²) in [5.74, 6) is -0.860. The van der Waals surface area contributed by atoms with E-state index >= 15 is 0 Å². The van der Waals surface area contributed by atoms with E-state index in [1.165, 1.54) is 23.0 Å². The van der Waals surface area contributed by atoms with E-state index in [9.17, 15) is 13.2 Å². The van der Waals surface area contributed by atoms with Gasteiger partial charge >= 0.3 is 6.18 Å². The van der Waals surface area contributed by atoms with Crippen LogP contribution in [0.15, 0.2) is 24.5 Å². The second kappa shape index (κ2) is 4.18. The number of aryl methyl sites for hydroxylation is 1. The molecular weight excluding hydrogens is 277 g/mol. The van der Waals surface area contributed by atoms with Crippen LogP contribution in [0.1, 0.15) is 5.82 Å². The summed E-state index contributed by atoms with van der Waals surface area (Å²) < 4.78 is 45.5. The molecule has 0 spiro atoms. The number of hydrogen-bond donors (Lipinski definition) is 0. The highest BCUT2D eigenvalue weighted by Crippen LogP contribution is 2.28. The van der Waals surface area contributed by atoms with Crippen LogP contribution >= 0.6 is 0 Å². The van der Waals surface area contributed by atoms with Gasteiger partial charge in [-0.05, 0) is 6.07 Å². The minimum Gasteiger partial charge on any atom is -0.434 e. The molecule has 0 saturated heterocycles. The van der Waals surface area contributed by atoms with Gasteiger partial charge in [0.15, 0.2) is 11.4 Å². The van der Waals surface area contributed by atoms with Crippen molar-refractivity contribution in [1.29, 1.82) is 0 Å². The number of hydrogen-bond acceptors (Lipinski definition) is 5. The average molecular weight is 284 g/mol. The molecule has 0 atom stereocenters. The molecule has 0 bridgehead atoms. The van der Waals surface area contributed by atoms with Gasteiger partial charge in [0.05, 0.1) is 12.4 Å². The quantitative estimate of drug-likeness (QED) is 0.716. The van der Waals surface area contributed by atoms with Crippen LogP contribution < -0.4 is 4.74 Å². The van der Waals surface area contributed by atoms with Crippen molar-refractivity contribution in [2.45, 2.75) is 6.18 Å². The molecule has 104 valence electrons. The summed E-state index contributed by atoms with van der Waals surface area (Å²) in [5, 5.41) is 14.1. The number of halogens is 3. The number of aromatic nitrogens is 6. The van der Waals surface area contributed by atoms with Crippen LogP contribution in [-0.2, 0) is 13.2 Å². The van der Waals surface area contributed by atoms with Gasteiger partial charge in [-0.25, -0.2) is 0 Å². The Morgan fingerprint density at radius 1 is 1.20 bits per heavy atom. The summed E-state index contributed by atoms with van der Waals surface area (Å²) in [6.45, 7) is 0.